The zero-order valence-electron chi connectivity index (χ0n) is 14.0. The second-order valence-electron chi connectivity index (χ2n) is 5.35. The molecule has 0 aromatic heterocycles. The number of esters is 1. The Morgan fingerprint density at radius 2 is 1.92 bits per heavy atom. The second kappa shape index (κ2) is 8.49. The summed E-state index contributed by atoms with van der Waals surface area (Å²) in [5.74, 6) is -2.65. The number of carboxylic acid groups (broad SMARTS) is 1. The second-order valence-corrected chi connectivity index (χ2v) is 7.04. The molecule has 0 radical (unpaired) electrons. The Labute approximate surface area is 148 Å². The maximum Gasteiger partial charge on any atom is 0.416 e. The first-order valence-electron chi connectivity index (χ1n) is 7.48. The number of carbonyl (C=O) groups excluding carboxylic acids is 1. The molecule has 0 amide bonds. The van der Waals surface area contributed by atoms with Gasteiger partial charge in [-0.15, -0.1) is 0 Å². The van der Waals surface area contributed by atoms with E-state index in [0.717, 1.165) is 7.11 Å². The van der Waals surface area contributed by atoms with Gasteiger partial charge in [-0.25, -0.2) is 13.2 Å². The van der Waals surface area contributed by atoms with Gasteiger partial charge in [-0.05, 0) is 24.6 Å². The first-order chi connectivity index (χ1) is 11.9. The van der Waals surface area contributed by atoms with Crippen LogP contribution >= 0.6 is 0 Å². The number of methoxy groups -OCH3 is 1. The number of benzene rings is 1. The highest BCUT2D eigenvalue weighted by atomic mass is 32.2. The highest BCUT2D eigenvalue weighted by Crippen LogP contribution is 2.32. The van der Waals surface area contributed by atoms with Gasteiger partial charge in [-0.2, -0.15) is 17.9 Å². The number of hydrogen-bond acceptors (Lipinski definition) is 5. The highest BCUT2D eigenvalue weighted by Gasteiger charge is 2.35. The van der Waals surface area contributed by atoms with E-state index in [1.165, 1.54) is 0 Å². The molecule has 0 spiro atoms. The van der Waals surface area contributed by atoms with E-state index in [4.69, 9.17) is 5.11 Å². The van der Waals surface area contributed by atoms with Crippen LogP contribution in [0, 0.1) is 0 Å². The molecule has 0 heterocycles. The summed E-state index contributed by atoms with van der Waals surface area (Å²) in [4.78, 5) is 21.9. The average Bonchev–Trinajstić information content (AvgIpc) is 2.56. The van der Waals surface area contributed by atoms with Crippen molar-refractivity contribution >= 4 is 22.0 Å². The minimum Gasteiger partial charge on any atom is -0.480 e. The van der Waals surface area contributed by atoms with Crippen molar-refractivity contribution in [3.63, 3.8) is 0 Å². The zero-order chi connectivity index (χ0) is 20.1. The first kappa shape index (κ1) is 21.9. The lowest BCUT2D eigenvalue weighted by molar-refractivity contribution is -0.139. The normalized spacial score (nSPS) is 13.3. The molecule has 0 aliphatic heterocycles. The molecule has 11 heteroatoms. The molecule has 1 aromatic carbocycles. The monoisotopic (exact) mass is 397 g/mol. The molecule has 0 saturated carbocycles. The molecular weight excluding hydrogens is 379 g/mol. The van der Waals surface area contributed by atoms with Crippen molar-refractivity contribution in [1.29, 1.82) is 0 Å². The fraction of sp³-hybridized carbons (Fsp3) is 0.467. The van der Waals surface area contributed by atoms with Crippen molar-refractivity contribution < 1.29 is 41.0 Å². The summed E-state index contributed by atoms with van der Waals surface area (Å²) < 4.78 is 69.9. The van der Waals surface area contributed by atoms with Crippen LogP contribution in [0.3, 0.4) is 0 Å². The van der Waals surface area contributed by atoms with Gasteiger partial charge in [-0.1, -0.05) is 19.8 Å². The predicted molar refractivity (Wildman–Crippen MR) is 84.1 cm³/mol. The summed E-state index contributed by atoms with van der Waals surface area (Å²) in [6, 6.07) is -0.0601. The molecule has 0 fully saturated rings. The first-order valence-corrected chi connectivity index (χ1v) is 8.97. The van der Waals surface area contributed by atoms with Crippen LogP contribution in [0.2, 0.25) is 0 Å². The summed E-state index contributed by atoms with van der Waals surface area (Å²) in [5.41, 5.74) is -1.93. The van der Waals surface area contributed by atoms with Crippen LogP contribution in [0.25, 0.3) is 0 Å². The summed E-state index contributed by atoms with van der Waals surface area (Å²) in [5, 5.41) is 9.12. The quantitative estimate of drug-likeness (QED) is 0.652. The number of nitrogens with one attached hydrogen (secondary N) is 1. The summed E-state index contributed by atoms with van der Waals surface area (Å²) in [6.07, 6.45) is -3.95. The lowest BCUT2D eigenvalue weighted by Crippen LogP contribution is -2.41. The van der Waals surface area contributed by atoms with Gasteiger partial charge in [-0.3, -0.25) is 4.79 Å². The molecule has 1 aromatic rings. The number of unbranched alkanes of at least 4 members (excludes halogenated alkanes) is 1. The molecule has 26 heavy (non-hydrogen) atoms. The fourth-order valence-corrected chi connectivity index (χ4v) is 3.53. The number of halogens is 3. The van der Waals surface area contributed by atoms with Crippen molar-refractivity contribution in [3.8, 4) is 0 Å². The number of carboxylic acids is 1. The van der Waals surface area contributed by atoms with Gasteiger partial charge >= 0.3 is 18.1 Å². The molecule has 0 saturated heterocycles. The largest absolute Gasteiger partial charge is 0.480 e. The third kappa shape index (κ3) is 5.43. The van der Waals surface area contributed by atoms with Crippen LogP contribution in [0.5, 0.6) is 0 Å². The van der Waals surface area contributed by atoms with E-state index in [-0.39, 0.29) is 12.5 Å². The third-order valence-electron chi connectivity index (χ3n) is 3.45. The third-order valence-corrected chi connectivity index (χ3v) is 4.96. The number of hydrogen-bond donors (Lipinski definition) is 2. The minimum absolute atomic E-state index is 0.0580. The van der Waals surface area contributed by atoms with Crippen LogP contribution in [-0.4, -0.2) is 38.6 Å². The number of rotatable bonds is 8. The van der Waals surface area contributed by atoms with Gasteiger partial charge in [0.05, 0.1) is 23.1 Å². The van der Waals surface area contributed by atoms with E-state index in [1.807, 2.05) is 4.72 Å². The Morgan fingerprint density at radius 1 is 1.31 bits per heavy atom. The summed E-state index contributed by atoms with van der Waals surface area (Å²) >= 11 is 0. The molecule has 7 nitrogen and oxygen atoms in total. The van der Waals surface area contributed by atoms with Crippen molar-refractivity contribution in [2.45, 2.75) is 43.3 Å². The Kier molecular flexibility index (Phi) is 7.16. The Balaban J connectivity index is 3.43. The minimum atomic E-state index is -4.85. The van der Waals surface area contributed by atoms with Crippen LogP contribution in [0.15, 0.2) is 23.1 Å². The van der Waals surface area contributed by atoms with Gasteiger partial charge < -0.3 is 9.84 Å². The van der Waals surface area contributed by atoms with Gasteiger partial charge in [0.25, 0.3) is 0 Å². The molecule has 0 unspecified atom stereocenters. The molecule has 146 valence electrons. The van der Waals surface area contributed by atoms with Gasteiger partial charge in [0.1, 0.15) is 6.04 Å². The molecule has 0 bridgehead atoms. The maximum atomic E-state index is 12.9. The number of alkyl halides is 3. The standard InChI is InChI=1S/C15H18F3NO6S/c1-3-4-5-11(13(20)21)19-26(23,24)12-8-9(15(16,17)18)6-7-10(12)14(22)25-2/h6-8,11,19H,3-5H2,1-2H3,(H,20,21)/t11-/m0/s1. The van der Waals surface area contributed by atoms with Crippen LogP contribution in [-0.2, 0) is 25.7 Å². The molecule has 0 aliphatic rings. The van der Waals surface area contributed by atoms with E-state index >= 15 is 0 Å². The SMILES string of the molecule is CCCC[C@H](NS(=O)(=O)c1cc(C(F)(F)F)ccc1C(=O)OC)C(=O)O. The zero-order valence-corrected chi connectivity index (χ0v) is 14.8. The predicted octanol–water partition coefficient (Wildman–Crippen LogP) is 2.41. The van der Waals surface area contributed by atoms with Crippen LogP contribution < -0.4 is 4.72 Å². The van der Waals surface area contributed by atoms with Crippen LogP contribution in [0.4, 0.5) is 13.2 Å². The van der Waals surface area contributed by atoms with E-state index in [1.54, 1.807) is 6.92 Å². The van der Waals surface area contributed by atoms with Gasteiger partial charge in [0.2, 0.25) is 10.0 Å². The van der Waals surface area contributed by atoms with Gasteiger partial charge in [0.15, 0.2) is 0 Å². The number of carbonyl (C=O) groups is 2. The molecule has 1 atom stereocenters. The fourth-order valence-electron chi connectivity index (χ4n) is 2.09. The van der Waals surface area contributed by atoms with Crippen molar-refractivity contribution in [2.24, 2.45) is 0 Å². The smallest absolute Gasteiger partial charge is 0.416 e. The number of ether oxygens (including phenoxy) is 1. The van der Waals surface area contributed by atoms with E-state index in [9.17, 15) is 31.2 Å². The van der Waals surface area contributed by atoms with E-state index < -0.39 is 50.2 Å². The van der Waals surface area contributed by atoms with E-state index in [0.29, 0.717) is 25.0 Å². The lowest BCUT2D eigenvalue weighted by Gasteiger charge is -2.17. The lowest BCUT2D eigenvalue weighted by atomic mass is 10.1. The number of aliphatic carboxylic acids is 1. The van der Waals surface area contributed by atoms with Crippen molar-refractivity contribution in [3.05, 3.63) is 29.3 Å². The summed E-state index contributed by atoms with van der Waals surface area (Å²) in [6.45, 7) is 1.76. The Morgan fingerprint density at radius 3 is 2.38 bits per heavy atom. The Bertz CT molecular complexity index is 776. The number of sulfonamides is 1. The molecular formula is C15H18F3NO6S. The average molecular weight is 397 g/mol. The maximum absolute atomic E-state index is 12.9. The summed E-state index contributed by atoms with van der Waals surface area (Å²) in [7, 11) is -3.80. The van der Waals surface area contributed by atoms with Gasteiger partial charge in [0, 0.05) is 0 Å². The molecule has 2 N–H and O–H groups in total. The van der Waals surface area contributed by atoms with Crippen molar-refractivity contribution in [2.75, 3.05) is 7.11 Å². The molecule has 0 aliphatic carbocycles. The Hall–Kier alpha value is -2.14. The van der Waals surface area contributed by atoms with E-state index in [2.05, 4.69) is 4.74 Å². The highest BCUT2D eigenvalue weighted by molar-refractivity contribution is 7.89. The topological polar surface area (TPSA) is 110 Å². The van der Waals surface area contributed by atoms with Crippen LogP contribution in [0.1, 0.15) is 42.1 Å². The molecule has 1 rings (SSSR count). The van der Waals surface area contributed by atoms with Crippen molar-refractivity contribution in [1.82, 2.24) is 4.72 Å².